The molecule has 5 rings (SSSR count). The van der Waals surface area contributed by atoms with Gasteiger partial charge in [0, 0.05) is 12.4 Å². The Morgan fingerprint density at radius 2 is 1.92 bits per heavy atom. The van der Waals surface area contributed by atoms with Gasteiger partial charge >= 0.3 is 12.1 Å². The molecule has 4 aromatic rings. The summed E-state index contributed by atoms with van der Waals surface area (Å²) in [7, 11) is 0. The van der Waals surface area contributed by atoms with Crippen molar-refractivity contribution in [3.63, 3.8) is 0 Å². The molecule has 0 spiro atoms. The maximum Gasteiger partial charge on any atom is 0.416 e. The van der Waals surface area contributed by atoms with Gasteiger partial charge in [0.2, 0.25) is 0 Å². The molecule has 0 saturated carbocycles. The largest absolute Gasteiger partial charge is 0.478 e. The summed E-state index contributed by atoms with van der Waals surface area (Å²) >= 11 is 1.15. The average molecular weight is 545 g/mol. The summed E-state index contributed by atoms with van der Waals surface area (Å²) in [5, 5.41) is 24.0. The van der Waals surface area contributed by atoms with Crippen LogP contribution in [0.4, 0.5) is 29.2 Å². The lowest BCUT2D eigenvalue weighted by molar-refractivity contribution is -0.137. The molecule has 1 aliphatic rings. The highest BCUT2D eigenvalue weighted by Gasteiger charge is 2.40. The van der Waals surface area contributed by atoms with E-state index >= 15 is 0 Å². The van der Waals surface area contributed by atoms with E-state index in [1.165, 1.54) is 12.3 Å². The minimum Gasteiger partial charge on any atom is -0.478 e. The molecular formula is C26H20F4N4O3S. The van der Waals surface area contributed by atoms with Crippen LogP contribution in [-0.4, -0.2) is 31.1 Å². The van der Waals surface area contributed by atoms with Gasteiger partial charge in [0.05, 0.1) is 21.7 Å². The molecule has 7 nitrogen and oxygen atoms in total. The number of rotatable bonds is 5. The third kappa shape index (κ3) is 4.84. The van der Waals surface area contributed by atoms with E-state index in [-0.39, 0.29) is 23.6 Å². The summed E-state index contributed by atoms with van der Waals surface area (Å²) in [6.07, 6.45) is -0.628. The molecule has 0 aliphatic heterocycles. The molecule has 3 N–H and O–H groups in total. The summed E-state index contributed by atoms with van der Waals surface area (Å²) in [5.41, 5.74) is -0.846. The fraction of sp³-hybridized carbons (Fsp3) is 0.231. The third-order valence-corrected chi connectivity index (χ3v) is 7.45. The number of pyridine rings is 2. The first kappa shape index (κ1) is 25.7. The molecule has 3 aromatic heterocycles. The van der Waals surface area contributed by atoms with Crippen molar-refractivity contribution >= 4 is 28.9 Å². The van der Waals surface area contributed by atoms with Crippen LogP contribution in [0.15, 0.2) is 48.8 Å². The lowest BCUT2D eigenvalue weighted by Gasteiger charge is -2.33. The van der Waals surface area contributed by atoms with Gasteiger partial charge in [0.15, 0.2) is 0 Å². The molecule has 196 valence electrons. The molecule has 3 heterocycles. The number of aliphatic hydroxyl groups is 1. The van der Waals surface area contributed by atoms with Crippen molar-refractivity contribution < 1.29 is 32.6 Å². The summed E-state index contributed by atoms with van der Waals surface area (Å²) in [6.45, 7) is 1.80. The molecule has 12 heteroatoms. The van der Waals surface area contributed by atoms with Crippen molar-refractivity contribution in [2.45, 2.75) is 38.0 Å². The number of halogens is 4. The fourth-order valence-electron chi connectivity index (χ4n) is 4.51. The molecule has 0 saturated heterocycles. The van der Waals surface area contributed by atoms with E-state index < -0.39 is 34.7 Å². The zero-order valence-corrected chi connectivity index (χ0v) is 20.6. The van der Waals surface area contributed by atoms with Gasteiger partial charge in [-0.15, -0.1) is 11.3 Å². The number of thiazole rings is 1. The number of alkyl halides is 3. The first-order valence-electron chi connectivity index (χ1n) is 11.5. The van der Waals surface area contributed by atoms with Crippen LogP contribution in [-0.2, 0) is 18.2 Å². The first-order valence-corrected chi connectivity index (χ1v) is 12.3. The number of aryl methyl sites for hydroxylation is 2. The number of hydrogen-bond acceptors (Lipinski definition) is 7. The number of carbonyl (C=O) groups is 1. The smallest absolute Gasteiger partial charge is 0.416 e. The van der Waals surface area contributed by atoms with Gasteiger partial charge in [-0.2, -0.15) is 13.2 Å². The first-order chi connectivity index (χ1) is 17.9. The molecule has 1 aliphatic carbocycles. The minimum absolute atomic E-state index is 0.0234. The SMILES string of the molecule is Cc1cc(Nc2cc(C(F)(F)F)ccn2)nc(-c2cnc([C@@]3(O)CCCc4cc(C(=O)O)c(F)cc43)s2)c1. The van der Waals surface area contributed by atoms with Crippen molar-refractivity contribution in [1.82, 2.24) is 15.0 Å². The topological polar surface area (TPSA) is 108 Å². The molecule has 0 bridgehead atoms. The van der Waals surface area contributed by atoms with Crippen LogP contribution in [0, 0.1) is 12.7 Å². The highest BCUT2D eigenvalue weighted by Crippen LogP contribution is 2.44. The molecular weight excluding hydrogens is 524 g/mol. The van der Waals surface area contributed by atoms with E-state index in [4.69, 9.17) is 0 Å². The second-order valence-electron chi connectivity index (χ2n) is 9.01. The summed E-state index contributed by atoms with van der Waals surface area (Å²) in [5.74, 6) is -2.07. The Balaban J connectivity index is 1.47. The van der Waals surface area contributed by atoms with Crippen LogP contribution >= 0.6 is 11.3 Å². The van der Waals surface area contributed by atoms with E-state index in [1.54, 1.807) is 19.1 Å². The van der Waals surface area contributed by atoms with Crippen molar-refractivity contribution in [3.8, 4) is 10.6 Å². The summed E-state index contributed by atoms with van der Waals surface area (Å²) < 4.78 is 53.7. The second kappa shape index (κ2) is 9.44. The van der Waals surface area contributed by atoms with Crippen LogP contribution in [0.3, 0.4) is 0 Å². The molecule has 0 unspecified atom stereocenters. The maximum absolute atomic E-state index is 14.5. The number of aromatic nitrogens is 3. The van der Waals surface area contributed by atoms with E-state index in [0.29, 0.717) is 34.0 Å². The molecule has 1 atom stereocenters. The number of carboxylic acids is 1. The second-order valence-corrected chi connectivity index (χ2v) is 10.0. The molecule has 1 aromatic carbocycles. The van der Waals surface area contributed by atoms with Gasteiger partial charge in [-0.3, -0.25) is 0 Å². The Hall–Kier alpha value is -3.90. The number of benzene rings is 1. The Morgan fingerprint density at radius 1 is 1.13 bits per heavy atom. The van der Waals surface area contributed by atoms with Gasteiger partial charge in [0.1, 0.15) is 28.1 Å². The van der Waals surface area contributed by atoms with Crippen molar-refractivity contribution in [2.24, 2.45) is 0 Å². The third-order valence-electron chi connectivity index (χ3n) is 6.28. The quantitative estimate of drug-likeness (QED) is 0.261. The number of hydrogen-bond donors (Lipinski definition) is 3. The van der Waals surface area contributed by atoms with Gasteiger partial charge in [-0.25, -0.2) is 24.1 Å². The molecule has 0 amide bonds. The van der Waals surface area contributed by atoms with E-state index in [1.807, 2.05) is 0 Å². The van der Waals surface area contributed by atoms with Gasteiger partial charge < -0.3 is 15.5 Å². The van der Waals surface area contributed by atoms with Gasteiger partial charge in [-0.05, 0) is 79.3 Å². The van der Waals surface area contributed by atoms with Gasteiger partial charge in [-0.1, -0.05) is 0 Å². The number of carboxylic acid groups (broad SMARTS) is 1. The highest BCUT2D eigenvalue weighted by atomic mass is 32.1. The predicted molar refractivity (Wildman–Crippen MR) is 132 cm³/mol. The number of nitrogens with one attached hydrogen (secondary N) is 1. The number of anilines is 2. The lowest BCUT2D eigenvalue weighted by atomic mass is 9.78. The van der Waals surface area contributed by atoms with E-state index in [9.17, 15) is 32.6 Å². The Labute approximate surface area is 217 Å². The minimum atomic E-state index is -4.51. The Kier molecular flexibility index (Phi) is 6.40. The Morgan fingerprint density at radius 3 is 2.66 bits per heavy atom. The number of nitrogens with zero attached hydrogens (tertiary/aromatic N) is 3. The lowest BCUT2D eigenvalue weighted by Crippen LogP contribution is -2.32. The standard InChI is InChI=1S/C26H20F4N4O3S/c1-13-7-19(33-22(8-13)34-21-10-15(4-6-31-21)26(28,29)30)20-12-32-24(38-20)25(37)5-2-3-14-9-16(23(35)36)18(27)11-17(14)25/h4,6-12,37H,2-3,5H2,1H3,(H,35,36)(H,31,33,34)/t25-/m1/s1. The normalized spacial score (nSPS) is 17.2. The van der Waals surface area contributed by atoms with Crippen LogP contribution in [0.5, 0.6) is 0 Å². The molecule has 0 fully saturated rings. The summed E-state index contributed by atoms with van der Waals surface area (Å²) in [6, 6.07) is 7.50. The van der Waals surface area contributed by atoms with Crippen LogP contribution < -0.4 is 5.32 Å². The number of aromatic carboxylic acids is 1. The predicted octanol–water partition coefficient (Wildman–Crippen LogP) is 6.08. The van der Waals surface area contributed by atoms with Crippen molar-refractivity contribution in [2.75, 3.05) is 5.32 Å². The molecule has 0 radical (unpaired) electrons. The van der Waals surface area contributed by atoms with Crippen LogP contribution in [0.25, 0.3) is 10.6 Å². The van der Waals surface area contributed by atoms with Crippen LogP contribution in [0.1, 0.15) is 50.5 Å². The van der Waals surface area contributed by atoms with Crippen molar-refractivity contribution in [3.05, 3.63) is 87.4 Å². The molecule has 38 heavy (non-hydrogen) atoms. The van der Waals surface area contributed by atoms with Gasteiger partial charge in [0.25, 0.3) is 0 Å². The zero-order valence-electron chi connectivity index (χ0n) is 19.8. The number of fused-ring (bicyclic) bond motifs is 1. The monoisotopic (exact) mass is 544 g/mol. The van der Waals surface area contributed by atoms with Crippen LogP contribution in [0.2, 0.25) is 0 Å². The zero-order chi connectivity index (χ0) is 27.2. The summed E-state index contributed by atoms with van der Waals surface area (Å²) in [4.78, 5) is 24.7. The Bertz CT molecular complexity index is 1560. The van der Waals surface area contributed by atoms with Crippen molar-refractivity contribution in [1.29, 1.82) is 0 Å². The average Bonchev–Trinajstić information content (AvgIpc) is 3.35. The van der Waals surface area contributed by atoms with E-state index in [2.05, 4.69) is 20.3 Å². The van der Waals surface area contributed by atoms with E-state index in [0.717, 1.165) is 41.3 Å². The fourth-order valence-corrected chi connectivity index (χ4v) is 5.52. The highest BCUT2D eigenvalue weighted by molar-refractivity contribution is 7.15. The maximum atomic E-state index is 14.5.